The summed E-state index contributed by atoms with van der Waals surface area (Å²) in [5.41, 5.74) is 2.22. The van der Waals surface area contributed by atoms with Crippen molar-refractivity contribution in [3.05, 3.63) is 39.4 Å². The molecular weight excluding hydrogens is 242 g/mol. The van der Waals surface area contributed by atoms with Crippen LogP contribution in [0.3, 0.4) is 0 Å². The van der Waals surface area contributed by atoms with Crippen LogP contribution < -0.4 is 5.32 Å². The lowest BCUT2D eigenvalue weighted by Crippen LogP contribution is -2.04. The van der Waals surface area contributed by atoms with Crippen molar-refractivity contribution in [1.29, 1.82) is 0 Å². The van der Waals surface area contributed by atoms with Crippen molar-refractivity contribution in [1.82, 2.24) is 9.97 Å². The van der Waals surface area contributed by atoms with Crippen LogP contribution in [0.4, 0.5) is 5.82 Å². The third kappa shape index (κ3) is 2.51. The molecule has 0 saturated carbocycles. The molecule has 3 nitrogen and oxygen atoms in total. The van der Waals surface area contributed by atoms with Crippen LogP contribution in [0.1, 0.15) is 18.1 Å². The Morgan fingerprint density at radius 1 is 1.44 bits per heavy atom. The van der Waals surface area contributed by atoms with Crippen molar-refractivity contribution < 1.29 is 0 Å². The number of anilines is 1. The van der Waals surface area contributed by atoms with Gasteiger partial charge in [0.2, 0.25) is 0 Å². The van der Waals surface area contributed by atoms with Crippen molar-refractivity contribution >= 4 is 28.8 Å². The second kappa shape index (κ2) is 5.27. The average Bonchev–Trinajstić information content (AvgIpc) is 2.79. The molecule has 0 amide bonds. The zero-order valence-corrected chi connectivity index (χ0v) is 10.5. The SMILES string of the molecule is CCc1c(Cl)ncnc1NCc1ccsc1. The van der Waals surface area contributed by atoms with Gasteiger partial charge in [-0.05, 0) is 28.8 Å². The Balaban J connectivity index is 2.12. The standard InChI is InChI=1S/C11H12ClN3S/c1-2-9-10(12)14-7-15-11(9)13-5-8-3-4-16-6-8/h3-4,6-7H,2,5H2,1H3,(H,13,14,15). The van der Waals surface area contributed by atoms with Crippen LogP contribution in [-0.2, 0) is 13.0 Å². The van der Waals surface area contributed by atoms with Crippen molar-refractivity contribution in [2.45, 2.75) is 19.9 Å². The molecule has 2 rings (SSSR count). The second-order valence-electron chi connectivity index (χ2n) is 3.33. The summed E-state index contributed by atoms with van der Waals surface area (Å²) < 4.78 is 0. The molecule has 0 aromatic carbocycles. The van der Waals surface area contributed by atoms with Gasteiger partial charge >= 0.3 is 0 Å². The number of rotatable bonds is 4. The summed E-state index contributed by atoms with van der Waals surface area (Å²) in [6.45, 7) is 2.81. The van der Waals surface area contributed by atoms with Crippen LogP contribution in [0.15, 0.2) is 23.2 Å². The highest BCUT2D eigenvalue weighted by Crippen LogP contribution is 2.20. The molecule has 16 heavy (non-hydrogen) atoms. The first-order valence-electron chi connectivity index (χ1n) is 5.05. The Bertz CT molecular complexity index is 456. The molecule has 0 aliphatic rings. The van der Waals surface area contributed by atoms with Gasteiger partial charge in [-0.2, -0.15) is 11.3 Å². The quantitative estimate of drug-likeness (QED) is 0.849. The molecule has 0 saturated heterocycles. The largest absolute Gasteiger partial charge is 0.366 e. The van der Waals surface area contributed by atoms with Gasteiger partial charge in [-0.15, -0.1) is 0 Å². The predicted octanol–water partition coefficient (Wildman–Crippen LogP) is 3.37. The summed E-state index contributed by atoms with van der Waals surface area (Å²) in [4.78, 5) is 8.18. The fourth-order valence-corrected chi connectivity index (χ4v) is 2.37. The zero-order chi connectivity index (χ0) is 11.4. The van der Waals surface area contributed by atoms with Gasteiger partial charge in [-0.1, -0.05) is 18.5 Å². The third-order valence-electron chi connectivity index (χ3n) is 2.29. The summed E-state index contributed by atoms with van der Waals surface area (Å²) in [5.74, 6) is 0.828. The van der Waals surface area contributed by atoms with Crippen LogP contribution in [-0.4, -0.2) is 9.97 Å². The first-order chi connectivity index (χ1) is 7.81. The minimum atomic E-state index is 0.533. The van der Waals surface area contributed by atoms with E-state index in [1.165, 1.54) is 11.9 Å². The van der Waals surface area contributed by atoms with E-state index in [0.29, 0.717) is 5.15 Å². The van der Waals surface area contributed by atoms with Gasteiger partial charge in [0.15, 0.2) is 0 Å². The maximum atomic E-state index is 6.00. The molecular formula is C11H12ClN3S. The molecule has 84 valence electrons. The van der Waals surface area contributed by atoms with Crippen LogP contribution in [0.25, 0.3) is 0 Å². The molecule has 2 aromatic rings. The van der Waals surface area contributed by atoms with E-state index in [-0.39, 0.29) is 0 Å². The lowest BCUT2D eigenvalue weighted by molar-refractivity contribution is 1.01. The maximum absolute atomic E-state index is 6.00. The van der Waals surface area contributed by atoms with E-state index in [9.17, 15) is 0 Å². The first kappa shape index (κ1) is 11.4. The fourth-order valence-electron chi connectivity index (χ4n) is 1.44. The maximum Gasteiger partial charge on any atom is 0.137 e. The fraction of sp³-hybridized carbons (Fsp3) is 0.273. The number of hydrogen-bond donors (Lipinski definition) is 1. The zero-order valence-electron chi connectivity index (χ0n) is 8.90. The normalized spacial score (nSPS) is 10.4. The molecule has 0 aliphatic heterocycles. The number of halogens is 1. The molecule has 2 aromatic heterocycles. The van der Waals surface area contributed by atoms with Gasteiger partial charge in [0.25, 0.3) is 0 Å². The summed E-state index contributed by atoms with van der Waals surface area (Å²) >= 11 is 7.69. The highest BCUT2D eigenvalue weighted by Gasteiger charge is 2.07. The van der Waals surface area contributed by atoms with Crippen molar-refractivity contribution in [3.8, 4) is 0 Å². The van der Waals surface area contributed by atoms with Gasteiger partial charge in [-0.25, -0.2) is 9.97 Å². The molecule has 2 heterocycles. The smallest absolute Gasteiger partial charge is 0.137 e. The Morgan fingerprint density at radius 2 is 2.31 bits per heavy atom. The van der Waals surface area contributed by atoms with Gasteiger partial charge in [0, 0.05) is 12.1 Å². The third-order valence-corrected chi connectivity index (χ3v) is 3.34. The van der Waals surface area contributed by atoms with Crippen LogP contribution in [0.5, 0.6) is 0 Å². The van der Waals surface area contributed by atoms with Crippen molar-refractivity contribution in [3.63, 3.8) is 0 Å². The number of aromatic nitrogens is 2. The van der Waals surface area contributed by atoms with Gasteiger partial charge in [-0.3, -0.25) is 0 Å². The molecule has 0 radical (unpaired) electrons. The molecule has 0 unspecified atom stereocenters. The van der Waals surface area contributed by atoms with E-state index in [1.807, 2.05) is 6.92 Å². The minimum Gasteiger partial charge on any atom is -0.366 e. The highest BCUT2D eigenvalue weighted by molar-refractivity contribution is 7.07. The van der Waals surface area contributed by atoms with E-state index >= 15 is 0 Å². The summed E-state index contributed by atoms with van der Waals surface area (Å²) in [5, 5.41) is 7.98. The summed E-state index contributed by atoms with van der Waals surface area (Å²) in [6.07, 6.45) is 2.31. The monoisotopic (exact) mass is 253 g/mol. The number of nitrogens with zero attached hydrogens (tertiary/aromatic N) is 2. The molecule has 0 fully saturated rings. The summed E-state index contributed by atoms with van der Waals surface area (Å²) in [6, 6.07) is 2.09. The molecule has 0 atom stereocenters. The molecule has 0 bridgehead atoms. The number of hydrogen-bond acceptors (Lipinski definition) is 4. The van der Waals surface area contributed by atoms with E-state index in [1.54, 1.807) is 11.3 Å². The number of thiophene rings is 1. The van der Waals surface area contributed by atoms with Gasteiger partial charge in [0.1, 0.15) is 17.3 Å². The van der Waals surface area contributed by atoms with Crippen LogP contribution in [0, 0.1) is 0 Å². The van der Waals surface area contributed by atoms with Gasteiger partial charge in [0.05, 0.1) is 0 Å². The predicted molar refractivity (Wildman–Crippen MR) is 68.1 cm³/mol. The Labute approximate surface area is 104 Å². The number of nitrogens with one attached hydrogen (secondary N) is 1. The minimum absolute atomic E-state index is 0.533. The molecule has 0 aliphatic carbocycles. The molecule has 1 N–H and O–H groups in total. The molecule has 0 spiro atoms. The highest BCUT2D eigenvalue weighted by atomic mass is 35.5. The average molecular weight is 254 g/mol. The Kier molecular flexibility index (Phi) is 3.74. The Morgan fingerprint density at radius 3 is 3.00 bits per heavy atom. The molecule has 5 heteroatoms. The second-order valence-corrected chi connectivity index (χ2v) is 4.47. The lowest BCUT2D eigenvalue weighted by atomic mass is 10.2. The van der Waals surface area contributed by atoms with Crippen molar-refractivity contribution in [2.24, 2.45) is 0 Å². The van der Waals surface area contributed by atoms with E-state index in [0.717, 1.165) is 24.3 Å². The Hall–Kier alpha value is -1.13. The van der Waals surface area contributed by atoms with E-state index in [2.05, 4.69) is 32.1 Å². The van der Waals surface area contributed by atoms with Gasteiger partial charge < -0.3 is 5.32 Å². The van der Waals surface area contributed by atoms with E-state index in [4.69, 9.17) is 11.6 Å². The van der Waals surface area contributed by atoms with Crippen molar-refractivity contribution in [2.75, 3.05) is 5.32 Å². The lowest BCUT2D eigenvalue weighted by Gasteiger charge is -2.09. The van der Waals surface area contributed by atoms with Crippen LogP contribution in [0.2, 0.25) is 5.15 Å². The topological polar surface area (TPSA) is 37.8 Å². The first-order valence-corrected chi connectivity index (χ1v) is 6.37. The van der Waals surface area contributed by atoms with E-state index < -0.39 is 0 Å². The summed E-state index contributed by atoms with van der Waals surface area (Å²) in [7, 11) is 0. The van der Waals surface area contributed by atoms with Crippen LogP contribution >= 0.6 is 22.9 Å².